The van der Waals surface area contributed by atoms with E-state index in [0.717, 1.165) is 11.1 Å². The quantitative estimate of drug-likeness (QED) is 0.507. The van der Waals surface area contributed by atoms with Gasteiger partial charge in [-0.1, -0.05) is 72.8 Å². The Balaban J connectivity index is 1.47. The van der Waals surface area contributed by atoms with Crippen molar-refractivity contribution in [1.29, 1.82) is 0 Å². The molecule has 0 spiro atoms. The van der Waals surface area contributed by atoms with Crippen molar-refractivity contribution in [3.63, 3.8) is 0 Å². The fourth-order valence-corrected chi connectivity index (χ4v) is 6.03. The Hall–Kier alpha value is -3.49. The van der Waals surface area contributed by atoms with E-state index in [4.69, 9.17) is 4.74 Å². The zero-order valence-electron chi connectivity index (χ0n) is 19.5. The predicted octanol–water partition coefficient (Wildman–Crippen LogP) is 3.78. The maximum absolute atomic E-state index is 13.3. The third kappa shape index (κ3) is 5.44. The van der Waals surface area contributed by atoms with Gasteiger partial charge in [0.15, 0.2) is 0 Å². The minimum absolute atomic E-state index is 0.00318. The van der Waals surface area contributed by atoms with E-state index in [1.54, 1.807) is 12.1 Å². The molecule has 1 fully saturated rings. The maximum Gasteiger partial charge on any atom is 0.339 e. The van der Waals surface area contributed by atoms with E-state index in [2.05, 4.69) is 5.32 Å². The molecule has 182 valence electrons. The van der Waals surface area contributed by atoms with Crippen LogP contribution in [0.15, 0.2) is 89.8 Å². The number of ether oxygens (including phenoxy) is 1. The van der Waals surface area contributed by atoms with Crippen molar-refractivity contribution in [1.82, 2.24) is 9.62 Å². The minimum Gasteiger partial charge on any atom is -0.465 e. The number of esters is 1. The van der Waals surface area contributed by atoms with E-state index >= 15 is 0 Å². The van der Waals surface area contributed by atoms with Crippen LogP contribution in [0.3, 0.4) is 0 Å². The number of nitrogens with zero attached hydrogens (tertiary/aromatic N) is 1. The van der Waals surface area contributed by atoms with Crippen molar-refractivity contribution in [3.05, 3.63) is 102 Å². The lowest BCUT2D eigenvalue weighted by Gasteiger charge is -2.32. The lowest BCUT2D eigenvalue weighted by Crippen LogP contribution is -2.44. The molecule has 0 bridgehead atoms. The second-order valence-electron chi connectivity index (χ2n) is 8.43. The maximum atomic E-state index is 13.3. The van der Waals surface area contributed by atoms with Crippen LogP contribution in [0, 0.1) is 5.92 Å². The van der Waals surface area contributed by atoms with E-state index in [0.29, 0.717) is 12.8 Å². The highest BCUT2D eigenvalue weighted by atomic mass is 32.2. The molecule has 4 rings (SSSR count). The lowest BCUT2D eigenvalue weighted by atomic mass is 9.94. The number of carbonyl (C=O) groups excluding carboxylic acids is 2. The molecular weight excluding hydrogens is 464 g/mol. The molecule has 0 aromatic heterocycles. The van der Waals surface area contributed by atoms with Crippen LogP contribution in [-0.2, 0) is 19.6 Å². The molecule has 1 N–H and O–H groups in total. The van der Waals surface area contributed by atoms with E-state index in [1.807, 2.05) is 60.7 Å². The lowest BCUT2D eigenvalue weighted by molar-refractivity contribution is -0.126. The minimum atomic E-state index is -3.91. The zero-order valence-corrected chi connectivity index (χ0v) is 20.3. The fraction of sp³-hybridized carbons (Fsp3) is 0.259. The summed E-state index contributed by atoms with van der Waals surface area (Å²) in [5, 5.41) is 3.17. The molecule has 1 heterocycles. The summed E-state index contributed by atoms with van der Waals surface area (Å²) in [6, 6.07) is 25.2. The summed E-state index contributed by atoms with van der Waals surface area (Å²) < 4.78 is 32.6. The van der Waals surface area contributed by atoms with Gasteiger partial charge in [-0.2, -0.15) is 4.31 Å². The highest BCUT2D eigenvalue weighted by molar-refractivity contribution is 7.89. The Morgan fingerprint density at radius 3 is 1.91 bits per heavy atom. The summed E-state index contributed by atoms with van der Waals surface area (Å²) in [4.78, 5) is 25.2. The summed E-state index contributed by atoms with van der Waals surface area (Å²) in [5.41, 5.74) is 1.96. The van der Waals surface area contributed by atoms with Crippen LogP contribution in [0.4, 0.5) is 0 Å². The van der Waals surface area contributed by atoms with Crippen molar-refractivity contribution in [2.24, 2.45) is 5.92 Å². The van der Waals surface area contributed by atoms with Crippen molar-refractivity contribution in [3.8, 4) is 0 Å². The number of nitrogens with one attached hydrogen (secondary N) is 1. The smallest absolute Gasteiger partial charge is 0.339 e. The molecule has 0 saturated carbocycles. The number of rotatable bonds is 7. The summed E-state index contributed by atoms with van der Waals surface area (Å²) in [6.07, 6.45) is 0.781. The molecule has 0 atom stereocenters. The summed E-state index contributed by atoms with van der Waals surface area (Å²) in [6.45, 7) is 0.383. The first kappa shape index (κ1) is 24.6. The Morgan fingerprint density at radius 2 is 1.37 bits per heavy atom. The summed E-state index contributed by atoms with van der Waals surface area (Å²) >= 11 is 0. The van der Waals surface area contributed by atoms with Gasteiger partial charge in [-0.25, -0.2) is 13.2 Å². The molecule has 0 unspecified atom stereocenters. The molecule has 1 aliphatic heterocycles. The Kier molecular flexibility index (Phi) is 7.63. The van der Waals surface area contributed by atoms with Gasteiger partial charge in [0, 0.05) is 19.0 Å². The van der Waals surface area contributed by atoms with Gasteiger partial charge >= 0.3 is 5.97 Å². The third-order valence-electron chi connectivity index (χ3n) is 6.29. The molecule has 8 heteroatoms. The van der Waals surface area contributed by atoms with Crippen molar-refractivity contribution in [2.75, 3.05) is 20.2 Å². The second-order valence-corrected chi connectivity index (χ2v) is 10.3. The predicted molar refractivity (Wildman–Crippen MR) is 132 cm³/mol. The van der Waals surface area contributed by atoms with Crippen LogP contribution in [0.2, 0.25) is 0 Å². The molecule has 3 aromatic carbocycles. The zero-order chi connectivity index (χ0) is 24.8. The van der Waals surface area contributed by atoms with Crippen molar-refractivity contribution in [2.45, 2.75) is 23.8 Å². The van der Waals surface area contributed by atoms with Crippen LogP contribution in [0.1, 0.15) is 40.4 Å². The largest absolute Gasteiger partial charge is 0.465 e. The number of sulfonamides is 1. The Morgan fingerprint density at radius 1 is 0.857 bits per heavy atom. The molecule has 35 heavy (non-hydrogen) atoms. The van der Waals surface area contributed by atoms with Gasteiger partial charge < -0.3 is 10.1 Å². The number of piperidine rings is 1. The topological polar surface area (TPSA) is 92.8 Å². The molecule has 1 saturated heterocycles. The van der Waals surface area contributed by atoms with Crippen molar-refractivity contribution >= 4 is 21.9 Å². The monoisotopic (exact) mass is 492 g/mol. The van der Waals surface area contributed by atoms with E-state index in [1.165, 1.54) is 23.5 Å². The van der Waals surface area contributed by atoms with E-state index < -0.39 is 16.0 Å². The molecule has 1 amide bonds. The van der Waals surface area contributed by atoms with Gasteiger partial charge in [-0.3, -0.25) is 4.79 Å². The highest BCUT2D eigenvalue weighted by Gasteiger charge is 2.35. The highest BCUT2D eigenvalue weighted by Crippen LogP contribution is 2.28. The second kappa shape index (κ2) is 10.8. The first-order chi connectivity index (χ1) is 16.9. The first-order valence-electron chi connectivity index (χ1n) is 11.5. The van der Waals surface area contributed by atoms with Crippen molar-refractivity contribution < 1.29 is 22.7 Å². The number of amides is 1. The van der Waals surface area contributed by atoms with Gasteiger partial charge in [-0.05, 0) is 36.1 Å². The van der Waals surface area contributed by atoms with Gasteiger partial charge in [-0.15, -0.1) is 0 Å². The van der Waals surface area contributed by atoms with E-state index in [9.17, 15) is 18.0 Å². The van der Waals surface area contributed by atoms with Crippen LogP contribution in [0.25, 0.3) is 0 Å². The first-order valence-corrected chi connectivity index (χ1v) is 12.9. The van der Waals surface area contributed by atoms with E-state index in [-0.39, 0.29) is 41.4 Å². The Labute approximate surface area is 205 Å². The third-order valence-corrected chi connectivity index (χ3v) is 8.24. The summed E-state index contributed by atoms with van der Waals surface area (Å²) in [5.74, 6) is -1.12. The normalized spacial score (nSPS) is 15.0. The average molecular weight is 493 g/mol. The van der Waals surface area contributed by atoms with Gasteiger partial charge in [0.2, 0.25) is 15.9 Å². The number of methoxy groups -OCH3 is 1. The molecule has 3 aromatic rings. The molecule has 1 aliphatic rings. The number of hydrogen-bond donors (Lipinski definition) is 1. The van der Waals surface area contributed by atoms with Crippen LogP contribution < -0.4 is 5.32 Å². The molecule has 7 nitrogen and oxygen atoms in total. The molecule has 0 radical (unpaired) electrons. The average Bonchev–Trinajstić information content (AvgIpc) is 2.92. The molecular formula is C27H28N2O5S. The SMILES string of the molecule is COC(=O)c1ccccc1S(=O)(=O)N1CCC(C(=O)NC(c2ccccc2)c2ccccc2)CC1. The van der Waals surface area contributed by atoms with Crippen LogP contribution in [-0.4, -0.2) is 44.8 Å². The van der Waals surface area contributed by atoms with Gasteiger partial charge in [0.25, 0.3) is 0 Å². The number of hydrogen-bond acceptors (Lipinski definition) is 5. The number of benzene rings is 3. The van der Waals surface area contributed by atoms with Gasteiger partial charge in [0.05, 0.1) is 23.6 Å². The van der Waals surface area contributed by atoms with Gasteiger partial charge in [0.1, 0.15) is 0 Å². The Bertz CT molecular complexity index is 1230. The fourth-order valence-electron chi connectivity index (χ4n) is 4.38. The number of carbonyl (C=O) groups is 2. The molecule has 0 aliphatic carbocycles. The van der Waals surface area contributed by atoms with Crippen LogP contribution in [0.5, 0.6) is 0 Å². The summed E-state index contributed by atoms with van der Waals surface area (Å²) in [7, 11) is -2.69. The van der Waals surface area contributed by atoms with Crippen LogP contribution >= 0.6 is 0 Å². The standard InChI is InChI=1S/C27H28N2O5S/c1-34-27(31)23-14-8-9-15-24(23)35(32,33)29-18-16-22(17-19-29)26(30)28-25(20-10-4-2-5-11-20)21-12-6-3-7-13-21/h2-15,22,25H,16-19H2,1H3,(H,28,30).